The van der Waals surface area contributed by atoms with Crippen molar-refractivity contribution in [1.82, 2.24) is 9.97 Å². The van der Waals surface area contributed by atoms with Crippen LogP contribution < -0.4 is 5.32 Å². The van der Waals surface area contributed by atoms with Crippen LogP contribution >= 0.6 is 11.3 Å². The first-order valence-electron chi connectivity index (χ1n) is 5.42. The van der Waals surface area contributed by atoms with E-state index < -0.39 is 5.97 Å². The number of hydrogen-bond acceptors (Lipinski definition) is 6. The summed E-state index contributed by atoms with van der Waals surface area (Å²) >= 11 is 1.27. The Morgan fingerprint density at radius 3 is 2.95 bits per heavy atom. The zero-order valence-corrected chi connectivity index (χ0v) is 10.8. The quantitative estimate of drug-likeness (QED) is 0.887. The molecule has 2 heterocycles. The Kier molecular flexibility index (Phi) is 3.73. The van der Waals surface area contributed by atoms with Gasteiger partial charge in [0.25, 0.3) is 0 Å². The first kappa shape index (κ1) is 13.0. The summed E-state index contributed by atoms with van der Waals surface area (Å²) in [4.78, 5) is 18.9. The summed E-state index contributed by atoms with van der Waals surface area (Å²) in [6.45, 7) is 1.85. The molecule has 1 unspecified atom stereocenters. The molecule has 0 radical (unpaired) electrons. The summed E-state index contributed by atoms with van der Waals surface area (Å²) in [5, 5.41) is 22.8. The fraction of sp³-hybridized carbons (Fsp3) is 0.167. The average Bonchev–Trinajstić information content (AvgIpc) is 2.89. The van der Waals surface area contributed by atoms with Gasteiger partial charge in [-0.3, -0.25) is 0 Å². The first-order valence-corrected chi connectivity index (χ1v) is 6.30. The third-order valence-electron chi connectivity index (χ3n) is 2.34. The van der Waals surface area contributed by atoms with Crippen LogP contribution in [0.25, 0.3) is 0 Å². The highest BCUT2D eigenvalue weighted by atomic mass is 32.1. The third-order valence-corrected chi connectivity index (χ3v) is 3.37. The minimum atomic E-state index is -1.04. The van der Waals surface area contributed by atoms with Gasteiger partial charge in [-0.15, -0.1) is 11.3 Å². The van der Waals surface area contributed by atoms with E-state index in [-0.39, 0.29) is 11.7 Å². The number of nitrogens with zero attached hydrogens (tertiary/aromatic N) is 3. The number of pyridine rings is 1. The standard InChI is InChI=1S/C12H10N4O2S/c1-7(11-16-9(6-19-11)12(17)18)14-10-4-2-3-8(5-13)15-10/h2-4,6-7H,1H3,(H,14,15)(H,17,18). The predicted octanol–water partition coefficient (Wildman–Crippen LogP) is 2.28. The van der Waals surface area contributed by atoms with Crippen LogP contribution in [0, 0.1) is 11.3 Å². The van der Waals surface area contributed by atoms with Crippen molar-refractivity contribution in [2.24, 2.45) is 0 Å². The summed E-state index contributed by atoms with van der Waals surface area (Å²) in [6, 6.07) is 6.86. The lowest BCUT2D eigenvalue weighted by Gasteiger charge is -2.11. The maximum Gasteiger partial charge on any atom is 0.355 e. The molecule has 0 spiro atoms. The van der Waals surface area contributed by atoms with Crippen LogP contribution in [0.3, 0.4) is 0 Å². The topological polar surface area (TPSA) is 98.9 Å². The van der Waals surface area contributed by atoms with Crippen molar-refractivity contribution < 1.29 is 9.90 Å². The second-order valence-corrected chi connectivity index (χ2v) is 4.65. The van der Waals surface area contributed by atoms with Gasteiger partial charge in [-0.05, 0) is 19.1 Å². The summed E-state index contributed by atoms with van der Waals surface area (Å²) < 4.78 is 0. The zero-order chi connectivity index (χ0) is 13.8. The smallest absolute Gasteiger partial charge is 0.355 e. The SMILES string of the molecule is CC(Nc1cccc(C#N)n1)c1nc(C(=O)O)cs1. The molecule has 0 saturated carbocycles. The number of carboxylic acids is 1. The highest BCUT2D eigenvalue weighted by molar-refractivity contribution is 7.09. The van der Waals surface area contributed by atoms with Crippen LogP contribution in [0.2, 0.25) is 0 Å². The van der Waals surface area contributed by atoms with Gasteiger partial charge in [-0.1, -0.05) is 6.07 Å². The number of thiazole rings is 1. The molecule has 6 nitrogen and oxygen atoms in total. The summed E-state index contributed by atoms with van der Waals surface area (Å²) in [6.07, 6.45) is 0. The molecule has 96 valence electrons. The summed E-state index contributed by atoms with van der Waals surface area (Å²) in [5.41, 5.74) is 0.356. The Morgan fingerprint density at radius 2 is 2.32 bits per heavy atom. The molecule has 0 aliphatic carbocycles. The normalized spacial score (nSPS) is 11.6. The fourth-order valence-corrected chi connectivity index (χ4v) is 2.25. The molecular formula is C12H10N4O2S. The van der Waals surface area contributed by atoms with Crippen LogP contribution in [-0.4, -0.2) is 21.0 Å². The lowest BCUT2D eigenvalue weighted by molar-refractivity contribution is 0.0691. The predicted molar refractivity (Wildman–Crippen MR) is 70.1 cm³/mol. The van der Waals surface area contributed by atoms with Crippen molar-refractivity contribution in [3.63, 3.8) is 0 Å². The van der Waals surface area contributed by atoms with Gasteiger partial charge in [-0.25, -0.2) is 14.8 Å². The Labute approximate surface area is 113 Å². The number of nitrogens with one attached hydrogen (secondary N) is 1. The molecule has 7 heteroatoms. The molecule has 0 aromatic carbocycles. The Bertz CT molecular complexity index is 647. The molecule has 2 aromatic rings. The number of carbonyl (C=O) groups is 1. The van der Waals surface area contributed by atoms with Crippen molar-refractivity contribution in [2.75, 3.05) is 5.32 Å². The van der Waals surface area contributed by atoms with E-state index in [4.69, 9.17) is 10.4 Å². The van der Waals surface area contributed by atoms with Gasteiger partial charge in [0.2, 0.25) is 0 Å². The van der Waals surface area contributed by atoms with E-state index in [9.17, 15) is 4.79 Å². The van der Waals surface area contributed by atoms with Gasteiger partial charge >= 0.3 is 5.97 Å². The fourth-order valence-electron chi connectivity index (χ4n) is 1.45. The van der Waals surface area contributed by atoms with Crippen molar-refractivity contribution in [1.29, 1.82) is 5.26 Å². The second kappa shape index (κ2) is 5.46. The lowest BCUT2D eigenvalue weighted by atomic mass is 10.3. The van der Waals surface area contributed by atoms with Crippen LogP contribution in [0.1, 0.15) is 34.2 Å². The van der Waals surface area contributed by atoms with Gasteiger partial charge in [-0.2, -0.15) is 5.26 Å². The van der Waals surface area contributed by atoms with Crippen LogP contribution in [0.15, 0.2) is 23.6 Å². The summed E-state index contributed by atoms with van der Waals surface area (Å²) in [5.74, 6) is -0.488. The number of aromatic carboxylic acids is 1. The Morgan fingerprint density at radius 1 is 1.53 bits per heavy atom. The van der Waals surface area contributed by atoms with E-state index in [1.807, 2.05) is 13.0 Å². The zero-order valence-electron chi connectivity index (χ0n) is 9.99. The number of nitriles is 1. The molecule has 19 heavy (non-hydrogen) atoms. The van der Waals surface area contributed by atoms with Gasteiger partial charge < -0.3 is 10.4 Å². The number of carboxylic acid groups (broad SMARTS) is 1. The summed E-state index contributed by atoms with van der Waals surface area (Å²) in [7, 11) is 0. The van der Waals surface area contributed by atoms with Crippen molar-refractivity contribution in [3.8, 4) is 6.07 Å². The van der Waals surface area contributed by atoms with Crippen molar-refractivity contribution in [3.05, 3.63) is 40.0 Å². The number of rotatable bonds is 4. The molecule has 0 aliphatic heterocycles. The maximum absolute atomic E-state index is 10.8. The van der Waals surface area contributed by atoms with E-state index in [2.05, 4.69) is 15.3 Å². The molecular weight excluding hydrogens is 264 g/mol. The second-order valence-electron chi connectivity index (χ2n) is 3.76. The van der Waals surface area contributed by atoms with Gasteiger partial charge in [0.1, 0.15) is 22.6 Å². The van der Waals surface area contributed by atoms with Crippen molar-refractivity contribution >= 4 is 23.1 Å². The van der Waals surface area contributed by atoms with Crippen LogP contribution in [0.5, 0.6) is 0 Å². The first-order chi connectivity index (χ1) is 9.10. The van der Waals surface area contributed by atoms with Crippen LogP contribution in [0.4, 0.5) is 5.82 Å². The highest BCUT2D eigenvalue weighted by Crippen LogP contribution is 2.21. The van der Waals surface area contributed by atoms with E-state index in [0.717, 1.165) is 0 Å². The number of anilines is 1. The lowest BCUT2D eigenvalue weighted by Crippen LogP contribution is -2.08. The van der Waals surface area contributed by atoms with E-state index >= 15 is 0 Å². The Balaban J connectivity index is 2.13. The minimum absolute atomic E-state index is 0.0346. The van der Waals surface area contributed by atoms with E-state index in [0.29, 0.717) is 16.5 Å². The third kappa shape index (κ3) is 3.05. The monoisotopic (exact) mass is 274 g/mol. The van der Waals surface area contributed by atoms with E-state index in [1.165, 1.54) is 16.7 Å². The van der Waals surface area contributed by atoms with Gasteiger partial charge in [0.05, 0.1) is 6.04 Å². The minimum Gasteiger partial charge on any atom is -0.476 e. The number of aromatic nitrogens is 2. The largest absolute Gasteiger partial charge is 0.476 e. The molecule has 2 rings (SSSR count). The molecule has 2 aromatic heterocycles. The van der Waals surface area contributed by atoms with Crippen LogP contribution in [-0.2, 0) is 0 Å². The van der Waals surface area contributed by atoms with Gasteiger partial charge in [0, 0.05) is 5.38 Å². The molecule has 0 bridgehead atoms. The molecule has 1 atom stereocenters. The molecule has 0 saturated heterocycles. The molecule has 0 amide bonds. The van der Waals surface area contributed by atoms with E-state index in [1.54, 1.807) is 18.2 Å². The molecule has 0 fully saturated rings. The van der Waals surface area contributed by atoms with Crippen molar-refractivity contribution in [2.45, 2.75) is 13.0 Å². The highest BCUT2D eigenvalue weighted by Gasteiger charge is 2.14. The molecule has 2 N–H and O–H groups in total. The average molecular weight is 274 g/mol. The molecule has 0 aliphatic rings. The van der Waals surface area contributed by atoms with Gasteiger partial charge in [0.15, 0.2) is 5.69 Å². The Hall–Kier alpha value is -2.46. The number of hydrogen-bond donors (Lipinski definition) is 2. The maximum atomic E-state index is 10.8.